The number of hydrogen-bond acceptors (Lipinski definition) is 2. The molecule has 1 aromatic rings. The number of halogens is 1. The van der Waals surface area contributed by atoms with Crippen molar-refractivity contribution in [3.63, 3.8) is 0 Å². The first-order valence-corrected chi connectivity index (χ1v) is 5.78. The number of benzene rings is 1. The highest BCUT2D eigenvalue weighted by Gasteiger charge is 1.96. The van der Waals surface area contributed by atoms with E-state index in [9.17, 15) is 0 Å². The van der Waals surface area contributed by atoms with Crippen molar-refractivity contribution in [2.24, 2.45) is 5.73 Å². The number of nitrogens with two attached hydrogens (primary N) is 1. The Balaban J connectivity index is 2.21. The van der Waals surface area contributed by atoms with Crippen LogP contribution in [0, 0.1) is 0 Å². The van der Waals surface area contributed by atoms with E-state index in [2.05, 4.69) is 39.4 Å². The molecule has 0 aliphatic rings. The maximum atomic E-state index is 5.40. The summed E-state index contributed by atoms with van der Waals surface area (Å²) in [5, 5.41) is 3.36. The van der Waals surface area contributed by atoms with Gasteiger partial charge in [0.05, 0.1) is 0 Å². The topological polar surface area (TPSA) is 38.0 Å². The molecule has 2 nitrogen and oxygen atoms in total. The van der Waals surface area contributed by atoms with Crippen LogP contribution in [0.3, 0.4) is 0 Å². The van der Waals surface area contributed by atoms with E-state index in [0.717, 1.165) is 32.5 Å². The molecule has 0 saturated carbocycles. The number of rotatable bonds is 6. The second kappa shape index (κ2) is 6.98. The molecule has 0 saturated heterocycles. The fourth-order valence-electron chi connectivity index (χ4n) is 1.28. The summed E-state index contributed by atoms with van der Waals surface area (Å²) in [6.07, 6.45) is 2.11. The lowest BCUT2D eigenvalue weighted by Crippen LogP contribution is -2.20. The van der Waals surface area contributed by atoms with Gasteiger partial charge < -0.3 is 11.1 Å². The first-order chi connectivity index (χ1) is 6.84. The van der Waals surface area contributed by atoms with Crippen molar-refractivity contribution in [1.82, 2.24) is 5.32 Å². The Kier molecular flexibility index (Phi) is 5.83. The zero-order chi connectivity index (χ0) is 10.2. The zero-order valence-electron chi connectivity index (χ0n) is 8.30. The van der Waals surface area contributed by atoms with E-state index in [1.54, 1.807) is 0 Å². The third-order valence-electron chi connectivity index (χ3n) is 2.09. The molecule has 3 heteroatoms. The van der Waals surface area contributed by atoms with E-state index >= 15 is 0 Å². The van der Waals surface area contributed by atoms with Gasteiger partial charge in [-0.05, 0) is 44.1 Å². The highest BCUT2D eigenvalue weighted by Crippen LogP contribution is 2.15. The molecule has 0 aromatic heterocycles. The Bertz CT molecular complexity index is 263. The van der Waals surface area contributed by atoms with Crippen molar-refractivity contribution in [3.8, 4) is 0 Å². The van der Waals surface area contributed by atoms with Gasteiger partial charge in [0.1, 0.15) is 0 Å². The van der Waals surface area contributed by atoms with Crippen LogP contribution in [0.15, 0.2) is 28.7 Å². The monoisotopic (exact) mass is 256 g/mol. The number of nitrogens with one attached hydrogen (secondary N) is 1. The minimum atomic E-state index is 0.766. The molecule has 0 radical (unpaired) electrons. The van der Waals surface area contributed by atoms with Gasteiger partial charge in [-0.3, -0.25) is 0 Å². The predicted molar refractivity (Wildman–Crippen MR) is 64.4 cm³/mol. The molecule has 0 fully saturated rings. The van der Waals surface area contributed by atoms with Crippen LogP contribution in [0.25, 0.3) is 0 Å². The quantitative estimate of drug-likeness (QED) is 0.764. The lowest BCUT2D eigenvalue weighted by molar-refractivity contribution is 0.652. The molecule has 78 valence electrons. The summed E-state index contributed by atoms with van der Waals surface area (Å²) in [6.45, 7) is 2.80. The first-order valence-electron chi connectivity index (χ1n) is 4.99. The van der Waals surface area contributed by atoms with Crippen molar-refractivity contribution < 1.29 is 0 Å². The molecule has 0 aliphatic carbocycles. The molecule has 0 aliphatic heterocycles. The molecule has 0 bridgehead atoms. The summed E-state index contributed by atoms with van der Waals surface area (Å²) in [5.41, 5.74) is 6.75. The van der Waals surface area contributed by atoms with Crippen LogP contribution >= 0.6 is 15.9 Å². The van der Waals surface area contributed by atoms with Crippen LogP contribution in [0.1, 0.15) is 12.0 Å². The number of hydrogen-bond donors (Lipinski definition) is 2. The fourth-order valence-corrected chi connectivity index (χ4v) is 1.76. The smallest absolute Gasteiger partial charge is 0.0207 e. The van der Waals surface area contributed by atoms with Crippen molar-refractivity contribution in [2.45, 2.75) is 12.8 Å². The molecule has 1 aromatic carbocycles. The van der Waals surface area contributed by atoms with Crippen molar-refractivity contribution in [2.75, 3.05) is 19.6 Å². The van der Waals surface area contributed by atoms with Crippen LogP contribution in [0.4, 0.5) is 0 Å². The van der Waals surface area contributed by atoms with Crippen molar-refractivity contribution >= 4 is 15.9 Å². The molecule has 0 amide bonds. The average molecular weight is 257 g/mol. The van der Waals surface area contributed by atoms with Crippen molar-refractivity contribution in [1.29, 1.82) is 0 Å². The van der Waals surface area contributed by atoms with Gasteiger partial charge >= 0.3 is 0 Å². The zero-order valence-corrected chi connectivity index (χ0v) is 9.89. The van der Waals surface area contributed by atoms with Crippen LogP contribution in [-0.2, 0) is 6.42 Å². The lowest BCUT2D eigenvalue weighted by Gasteiger charge is -2.05. The Morgan fingerprint density at radius 3 is 2.71 bits per heavy atom. The Morgan fingerprint density at radius 1 is 1.21 bits per heavy atom. The van der Waals surface area contributed by atoms with E-state index in [0.29, 0.717) is 0 Å². The second-order valence-electron chi connectivity index (χ2n) is 3.23. The van der Waals surface area contributed by atoms with E-state index in [4.69, 9.17) is 5.73 Å². The van der Waals surface area contributed by atoms with Gasteiger partial charge in [0, 0.05) is 4.47 Å². The first kappa shape index (κ1) is 11.7. The summed E-state index contributed by atoms with van der Waals surface area (Å²) in [6, 6.07) is 8.33. The van der Waals surface area contributed by atoms with Gasteiger partial charge in [-0.1, -0.05) is 34.1 Å². The molecule has 1 rings (SSSR count). The van der Waals surface area contributed by atoms with Crippen LogP contribution in [0.5, 0.6) is 0 Å². The molecular formula is C11H17BrN2. The van der Waals surface area contributed by atoms with Crippen LogP contribution in [0.2, 0.25) is 0 Å². The van der Waals surface area contributed by atoms with Gasteiger partial charge in [0.2, 0.25) is 0 Å². The minimum absolute atomic E-state index is 0.766. The summed E-state index contributed by atoms with van der Waals surface area (Å²) in [5.74, 6) is 0. The lowest BCUT2D eigenvalue weighted by atomic mass is 10.1. The Morgan fingerprint density at radius 2 is 2.00 bits per heavy atom. The van der Waals surface area contributed by atoms with Gasteiger partial charge in [-0.15, -0.1) is 0 Å². The van der Waals surface area contributed by atoms with Gasteiger partial charge in [-0.2, -0.15) is 0 Å². The van der Waals surface area contributed by atoms with Gasteiger partial charge in [-0.25, -0.2) is 0 Å². The predicted octanol–water partition coefficient (Wildman–Crippen LogP) is 1.93. The van der Waals surface area contributed by atoms with E-state index in [1.165, 1.54) is 10.0 Å². The second-order valence-corrected chi connectivity index (χ2v) is 4.09. The molecule has 0 atom stereocenters. The third-order valence-corrected chi connectivity index (χ3v) is 2.86. The van der Waals surface area contributed by atoms with Gasteiger partial charge in [0.25, 0.3) is 0 Å². The molecular weight excluding hydrogens is 240 g/mol. The van der Waals surface area contributed by atoms with E-state index in [1.807, 2.05) is 6.07 Å². The van der Waals surface area contributed by atoms with Crippen molar-refractivity contribution in [3.05, 3.63) is 34.3 Å². The van der Waals surface area contributed by atoms with Gasteiger partial charge in [0.15, 0.2) is 0 Å². The molecule has 0 unspecified atom stereocenters. The Hall–Kier alpha value is -0.380. The third kappa shape index (κ3) is 4.22. The summed E-state index contributed by atoms with van der Waals surface area (Å²) in [7, 11) is 0. The average Bonchev–Trinajstić information content (AvgIpc) is 2.20. The summed E-state index contributed by atoms with van der Waals surface area (Å²) < 4.78 is 1.20. The minimum Gasteiger partial charge on any atom is -0.330 e. The molecule has 14 heavy (non-hydrogen) atoms. The van der Waals surface area contributed by atoms with E-state index < -0.39 is 0 Å². The summed E-state index contributed by atoms with van der Waals surface area (Å²) in [4.78, 5) is 0. The Labute approximate surface area is 94.0 Å². The van der Waals surface area contributed by atoms with Crippen LogP contribution < -0.4 is 11.1 Å². The fraction of sp³-hybridized carbons (Fsp3) is 0.455. The normalized spacial score (nSPS) is 10.4. The standard InChI is InChI=1S/C11H17BrN2/c12-11-5-2-1-4-10(11)6-9-14-8-3-7-13/h1-2,4-5,14H,3,6-9,13H2. The largest absolute Gasteiger partial charge is 0.330 e. The van der Waals surface area contributed by atoms with Crippen LogP contribution in [-0.4, -0.2) is 19.6 Å². The molecule has 0 heterocycles. The summed E-state index contributed by atoms with van der Waals surface area (Å²) >= 11 is 3.53. The SMILES string of the molecule is NCCCNCCc1ccccc1Br. The van der Waals surface area contributed by atoms with E-state index in [-0.39, 0.29) is 0 Å². The maximum absolute atomic E-state index is 5.40. The maximum Gasteiger partial charge on any atom is 0.0207 e. The molecule has 0 spiro atoms. The molecule has 3 N–H and O–H groups in total. The highest BCUT2D eigenvalue weighted by atomic mass is 79.9. The highest BCUT2D eigenvalue weighted by molar-refractivity contribution is 9.10.